The highest BCUT2D eigenvalue weighted by atomic mass is 35.5. The van der Waals surface area contributed by atoms with Gasteiger partial charge in [-0.2, -0.15) is 15.0 Å². The van der Waals surface area contributed by atoms with Crippen molar-refractivity contribution in [3.8, 4) is 11.6 Å². The van der Waals surface area contributed by atoms with E-state index in [0.29, 0.717) is 33.7 Å². The van der Waals surface area contributed by atoms with Crippen LogP contribution in [-0.2, 0) is 0 Å². The van der Waals surface area contributed by atoms with Gasteiger partial charge < -0.3 is 9.64 Å². The van der Waals surface area contributed by atoms with Crippen molar-refractivity contribution < 1.29 is 9.53 Å². The number of rotatable bonds is 7. The number of halogens is 2. The molecule has 0 aliphatic carbocycles. The van der Waals surface area contributed by atoms with Crippen LogP contribution in [0.25, 0.3) is 5.69 Å². The molecule has 0 unspecified atom stereocenters. The minimum Gasteiger partial charge on any atom is -0.475 e. The average Bonchev–Trinajstić information content (AvgIpc) is 3.22. The van der Waals surface area contributed by atoms with Crippen molar-refractivity contribution in [2.75, 3.05) is 13.2 Å². The summed E-state index contributed by atoms with van der Waals surface area (Å²) in [6.45, 7) is 4.62. The Morgan fingerprint density at radius 2 is 1.89 bits per heavy atom. The van der Waals surface area contributed by atoms with Crippen LogP contribution >= 0.6 is 23.2 Å². The Morgan fingerprint density at radius 1 is 1.18 bits per heavy atom. The van der Waals surface area contributed by atoms with Gasteiger partial charge in [-0.05, 0) is 38.1 Å². The lowest BCUT2D eigenvalue weighted by Crippen LogP contribution is -2.42. The van der Waals surface area contributed by atoms with E-state index in [1.165, 1.54) is 11.0 Å². The second kappa shape index (κ2) is 9.03. The lowest BCUT2D eigenvalue weighted by atomic mass is 10.1. The number of aromatic nitrogens is 4. The fourth-order valence-corrected chi connectivity index (χ4v) is 3.02. The molecule has 1 amide bonds. The zero-order valence-corrected chi connectivity index (χ0v) is 16.9. The van der Waals surface area contributed by atoms with E-state index in [9.17, 15) is 4.79 Å². The fraction of sp³-hybridized carbons (Fsp3) is 0.263. The van der Waals surface area contributed by atoms with Crippen molar-refractivity contribution in [2.45, 2.75) is 19.9 Å². The van der Waals surface area contributed by atoms with Crippen molar-refractivity contribution in [1.82, 2.24) is 24.9 Å². The number of carbonyl (C=O) groups excluding carboxylic acids is 1. The Balaban J connectivity index is 1.78. The fourth-order valence-electron chi connectivity index (χ4n) is 2.74. The SMILES string of the molecule is CCN(C(=O)c1ccc(Cl)cc1-n1nccn1)[C@@H](C)COc1ccc(Cl)cn1. The van der Waals surface area contributed by atoms with E-state index < -0.39 is 0 Å². The molecule has 146 valence electrons. The van der Waals surface area contributed by atoms with Crippen LogP contribution in [0.1, 0.15) is 24.2 Å². The molecule has 0 N–H and O–H groups in total. The lowest BCUT2D eigenvalue weighted by molar-refractivity contribution is 0.0646. The summed E-state index contributed by atoms with van der Waals surface area (Å²) >= 11 is 11.9. The average molecular weight is 420 g/mol. The molecule has 7 nitrogen and oxygen atoms in total. The molecule has 0 saturated heterocycles. The molecule has 2 heterocycles. The number of carbonyl (C=O) groups is 1. The molecule has 0 bridgehead atoms. The molecule has 0 fully saturated rings. The van der Waals surface area contributed by atoms with Gasteiger partial charge in [-0.15, -0.1) is 0 Å². The number of ether oxygens (including phenoxy) is 1. The van der Waals surface area contributed by atoms with Crippen molar-refractivity contribution >= 4 is 29.1 Å². The van der Waals surface area contributed by atoms with Gasteiger partial charge in [-0.1, -0.05) is 23.2 Å². The number of nitrogens with zero attached hydrogens (tertiary/aromatic N) is 5. The predicted molar refractivity (Wildman–Crippen MR) is 107 cm³/mol. The van der Waals surface area contributed by atoms with Crippen LogP contribution in [0.5, 0.6) is 5.88 Å². The Labute approximate surface area is 172 Å². The maximum atomic E-state index is 13.2. The van der Waals surface area contributed by atoms with Crippen molar-refractivity contribution in [2.24, 2.45) is 0 Å². The van der Waals surface area contributed by atoms with Gasteiger partial charge in [0.15, 0.2) is 0 Å². The highest BCUT2D eigenvalue weighted by Crippen LogP contribution is 2.21. The van der Waals surface area contributed by atoms with Crippen molar-refractivity contribution in [3.05, 3.63) is 64.5 Å². The molecule has 1 aromatic carbocycles. The minimum atomic E-state index is -0.191. The summed E-state index contributed by atoms with van der Waals surface area (Å²) in [6, 6.07) is 8.22. The van der Waals surface area contributed by atoms with Crippen LogP contribution in [0.2, 0.25) is 10.0 Å². The highest BCUT2D eigenvalue weighted by molar-refractivity contribution is 6.31. The van der Waals surface area contributed by atoms with Crippen molar-refractivity contribution in [3.63, 3.8) is 0 Å². The lowest BCUT2D eigenvalue weighted by Gasteiger charge is -2.28. The molecule has 0 spiro atoms. The predicted octanol–water partition coefficient (Wildman–Crippen LogP) is 3.90. The van der Waals surface area contributed by atoms with Crippen LogP contribution in [0.15, 0.2) is 48.9 Å². The molecular weight excluding hydrogens is 401 g/mol. The number of likely N-dealkylation sites (N-methyl/N-ethyl adjacent to an activating group) is 1. The standard InChI is InChI=1S/C19H19Cl2N5O2/c1-3-25(13(2)12-28-18-7-5-15(21)11-22-18)19(27)16-6-4-14(20)10-17(16)26-23-8-9-24-26/h4-11,13H,3,12H2,1-2H3/t13-/m0/s1. The van der Waals surface area contributed by atoms with Gasteiger partial charge in [-0.25, -0.2) is 4.98 Å². The van der Waals surface area contributed by atoms with Gasteiger partial charge >= 0.3 is 0 Å². The first-order valence-electron chi connectivity index (χ1n) is 8.71. The van der Waals surface area contributed by atoms with E-state index >= 15 is 0 Å². The Morgan fingerprint density at radius 3 is 2.54 bits per heavy atom. The highest BCUT2D eigenvalue weighted by Gasteiger charge is 2.24. The van der Waals surface area contributed by atoms with Crippen LogP contribution in [0.3, 0.4) is 0 Å². The molecule has 9 heteroatoms. The maximum absolute atomic E-state index is 13.2. The third kappa shape index (κ3) is 4.61. The van der Waals surface area contributed by atoms with Crippen LogP contribution in [0, 0.1) is 0 Å². The Bertz CT molecular complexity index is 932. The molecule has 3 rings (SSSR count). The third-order valence-electron chi connectivity index (χ3n) is 4.13. The Kier molecular flexibility index (Phi) is 6.49. The molecule has 28 heavy (non-hydrogen) atoms. The molecule has 1 atom stereocenters. The molecular formula is C19H19Cl2N5O2. The van der Waals surface area contributed by atoms with E-state index in [2.05, 4.69) is 15.2 Å². The quantitative estimate of drug-likeness (QED) is 0.580. The molecule has 3 aromatic rings. The largest absolute Gasteiger partial charge is 0.475 e. The molecule has 0 aliphatic rings. The first kappa shape index (κ1) is 20.1. The topological polar surface area (TPSA) is 73.1 Å². The van der Waals surface area contributed by atoms with Crippen LogP contribution in [-0.4, -0.2) is 50.0 Å². The van der Waals surface area contributed by atoms with E-state index in [0.717, 1.165) is 0 Å². The number of benzene rings is 1. The Hall–Kier alpha value is -2.64. The van der Waals surface area contributed by atoms with Gasteiger partial charge in [0.05, 0.1) is 34.7 Å². The first-order chi connectivity index (χ1) is 13.5. The van der Waals surface area contributed by atoms with Gasteiger partial charge in [0.25, 0.3) is 5.91 Å². The minimum absolute atomic E-state index is 0.161. The second-order valence-electron chi connectivity index (χ2n) is 6.05. The third-order valence-corrected chi connectivity index (χ3v) is 4.59. The smallest absolute Gasteiger partial charge is 0.256 e. The van der Waals surface area contributed by atoms with E-state index in [4.69, 9.17) is 27.9 Å². The summed E-state index contributed by atoms with van der Waals surface area (Å²) in [5.74, 6) is 0.291. The second-order valence-corrected chi connectivity index (χ2v) is 6.92. The molecule has 0 radical (unpaired) electrons. The summed E-state index contributed by atoms with van der Waals surface area (Å²) in [7, 11) is 0. The van der Waals surface area contributed by atoms with Gasteiger partial charge in [-0.3, -0.25) is 4.79 Å². The van der Waals surface area contributed by atoms with Gasteiger partial charge in [0, 0.05) is 23.8 Å². The zero-order valence-electron chi connectivity index (χ0n) is 15.4. The number of hydrogen-bond donors (Lipinski definition) is 0. The summed E-state index contributed by atoms with van der Waals surface area (Å²) < 4.78 is 5.70. The van der Waals surface area contributed by atoms with Gasteiger partial charge in [0.1, 0.15) is 6.61 Å². The first-order valence-corrected chi connectivity index (χ1v) is 9.46. The van der Waals surface area contributed by atoms with E-state index in [1.807, 2.05) is 13.8 Å². The molecule has 0 aliphatic heterocycles. The normalized spacial score (nSPS) is 11.9. The maximum Gasteiger partial charge on any atom is 0.256 e. The molecule has 2 aromatic heterocycles. The summed E-state index contributed by atoms with van der Waals surface area (Å²) in [5.41, 5.74) is 0.979. The van der Waals surface area contributed by atoms with Crippen LogP contribution in [0.4, 0.5) is 0 Å². The summed E-state index contributed by atoms with van der Waals surface area (Å²) in [6.07, 6.45) is 4.60. The number of pyridine rings is 1. The molecule has 0 saturated carbocycles. The van der Waals surface area contributed by atoms with E-state index in [1.54, 1.807) is 47.6 Å². The monoisotopic (exact) mass is 419 g/mol. The van der Waals surface area contributed by atoms with Crippen LogP contribution < -0.4 is 4.74 Å². The number of amides is 1. The van der Waals surface area contributed by atoms with Gasteiger partial charge in [0.2, 0.25) is 5.88 Å². The zero-order chi connectivity index (χ0) is 20.1. The summed E-state index contributed by atoms with van der Waals surface area (Å²) in [5, 5.41) is 9.27. The van der Waals surface area contributed by atoms with Crippen molar-refractivity contribution in [1.29, 1.82) is 0 Å². The van der Waals surface area contributed by atoms with E-state index in [-0.39, 0.29) is 18.6 Å². The number of hydrogen-bond acceptors (Lipinski definition) is 5. The summed E-state index contributed by atoms with van der Waals surface area (Å²) in [4.78, 5) is 20.4.